The SMILES string of the molecule is CCC/N=C/c1ccccc1P. The van der Waals surface area contributed by atoms with E-state index in [2.05, 4.69) is 33.3 Å². The smallest absolute Gasteiger partial charge is 0.0386 e. The monoisotopic (exact) mass is 179 g/mol. The van der Waals surface area contributed by atoms with E-state index in [0.717, 1.165) is 13.0 Å². The summed E-state index contributed by atoms with van der Waals surface area (Å²) in [5, 5.41) is 1.21. The Morgan fingerprint density at radius 1 is 1.42 bits per heavy atom. The first-order valence-corrected chi connectivity index (χ1v) is 4.76. The van der Waals surface area contributed by atoms with E-state index in [1.165, 1.54) is 10.9 Å². The fourth-order valence-corrected chi connectivity index (χ4v) is 1.20. The van der Waals surface area contributed by atoms with Crippen molar-refractivity contribution in [3.8, 4) is 0 Å². The second kappa shape index (κ2) is 5.05. The summed E-state index contributed by atoms with van der Waals surface area (Å²) in [6, 6.07) is 8.19. The van der Waals surface area contributed by atoms with Crippen LogP contribution in [-0.2, 0) is 0 Å². The first kappa shape index (κ1) is 9.41. The zero-order valence-electron chi connectivity index (χ0n) is 7.33. The summed E-state index contributed by atoms with van der Waals surface area (Å²) in [7, 11) is 2.71. The van der Waals surface area contributed by atoms with Gasteiger partial charge in [0.2, 0.25) is 0 Å². The van der Waals surface area contributed by atoms with Gasteiger partial charge in [-0.3, -0.25) is 4.99 Å². The Bertz CT molecular complexity index is 268. The van der Waals surface area contributed by atoms with Crippen LogP contribution in [0.1, 0.15) is 18.9 Å². The lowest BCUT2D eigenvalue weighted by atomic mass is 10.2. The van der Waals surface area contributed by atoms with Crippen LogP contribution in [0.4, 0.5) is 0 Å². The van der Waals surface area contributed by atoms with Crippen LogP contribution < -0.4 is 5.30 Å². The second-order valence-corrected chi connectivity index (χ2v) is 3.29. The maximum atomic E-state index is 4.28. The summed E-state index contributed by atoms with van der Waals surface area (Å²) < 4.78 is 0. The van der Waals surface area contributed by atoms with Gasteiger partial charge in [-0.15, -0.1) is 9.24 Å². The molecule has 12 heavy (non-hydrogen) atoms. The molecule has 0 aliphatic heterocycles. The van der Waals surface area contributed by atoms with Gasteiger partial charge in [0.15, 0.2) is 0 Å². The molecule has 64 valence electrons. The van der Waals surface area contributed by atoms with E-state index in [-0.39, 0.29) is 0 Å². The molecule has 1 aromatic carbocycles. The van der Waals surface area contributed by atoms with Crippen molar-refractivity contribution in [1.82, 2.24) is 0 Å². The van der Waals surface area contributed by atoms with Crippen LogP contribution >= 0.6 is 9.24 Å². The Morgan fingerprint density at radius 3 is 2.83 bits per heavy atom. The van der Waals surface area contributed by atoms with Crippen molar-refractivity contribution in [2.24, 2.45) is 4.99 Å². The molecule has 0 N–H and O–H groups in total. The van der Waals surface area contributed by atoms with Gasteiger partial charge >= 0.3 is 0 Å². The molecule has 0 aromatic heterocycles. The van der Waals surface area contributed by atoms with Crippen LogP contribution in [-0.4, -0.2) is 12.8 Å². The molecule has 0 saturated heterocycles. The average Bonchev–Trinajstić information content (AvgIpc) is 2.09. The average molecular weight is 179 g/mol. The van der Waals surface area contributed by atoms with Gasteiger partial charge in [-0.2, -0.15) is 0 Å². The van der Waals surface area contributed by atoms with Gasteiger partial charge in [0.05, 0.1) is 0 Å². The zero-order chi connectivity index (χ0) is 8.81. The number of aliphatic imine (C=N–C) groups is 1. The number of benzene rings is 1. The van der Waals surface area contributed by atoms with Crippen LogP contribution in [0.2, 0.25) is 0 Å². The Labute approximate surface area is 76.1 Å². The van der Waals surface area contributed by atoms with Crippen molar-refractivity contribution in [3.63, 3.8) is 0 Å². The van der Waals surface area contributed by atoms with Crippen LogP contribution in [0.15, 0.2) is 29.3 Å². The molecule has 1 rings (SSSR count). The van der Waals surface area contributed by atoms with Gasteiger partial charge in [0.1, 0.15) is 0 Å². The lowest BCUT2D eigenvalue weighted by Gasteiger charge is -1.96. The topological polar surface area (TPSA) is 12.4 Å². The first-order valence-electron chi connectivity index (χ1n) is 4.19. The summed E-state index contributed by atoms with van der Waals surface area (Å²) in [6.07, 6.45) is 3.04. The van der Waals surface area contributed by atoms with Gasteiger partial charge in [-0.05, 0) is 17.3 Å². The molecule has 0 saturated carbocycles. The number of rotatable bonds is 3. The Morgan fingerprint density at radius 2 is 2.17 bits per heavy atom. The molecule has 2 heteroatoms. The Hall–Kier alpha value is -0.680. The van der Waals surface area contributed by atoms with Crippen molar-refractivity contribution in [1.29, 1.82) is 0 Å². The molecule has 0 aliphatic rings. The van der Waals surface area contributed by atoms with E-state index in [1.807, 2.05) is 18.3 Å². The molecule has 1 unspecified atom stereocenters. The number of nitrogens with zero attached hydrogens (tertiary/aromatic N) is 1. The van der Waals surface area contributed by atoms with E-state index in [9.17, 15) is 0 Å². The van der Waals surface area contributed by atoms with E-state index in [4.69, 9.17) is 0 Å². The molecule has 0 bridgehead atoms. The summed E-state index contributed by atoms with van der Waals surface area (Å²) in [5.74, 6) is 0. The van der Waals surface area contributed by atoms with Gasteiger partial charge in [0.25, 0.3) is 0 Å². The fourth-order valence-electron chi connectivity index (χ4n) is 0.920. The molecular weight excluding hydrogens is 165 g/mol. The second-order valence-electron chi connectivity index (χ2n) is 2.66. The van der Waals surface area contributed by atoms with Crippen molar-refractivity contribution >= 4 is 20.8 Å². The third kappa shape index (κ3) is 2.75. The van der Waals surface area contributed by atoms with Crippen LogP contribution in [0.3, 0.4) is 0 Å². The highest BCUT2D eigenvalue weighted by molar-refractivity contribution is 7.27. The highest BCUT2D eigenvalue weighted by Gasteiger charge is 1.90. The largest absolute Gasteiger partial charge is 0.293 e. The van der Waals surface area contributed by atoms with Crippen molar-refractivity contribution in [2.75, 3.05) is 6.54 Å². The first-order chi connectivity index (χ1) is 5.84. The Kier molecular flexibility index (Phi) is 3.96. The number of hydrogen-bond donors (Lipinski definition) is 0. The minimum atomic E-state index is 0.916. The fraction of sp³-hybridized carbons (Fsp3) is 0.300. The van der Waals surface area contributed by atoms with Crippen LogP contribution in [0.25, 0.3) is 0 Å². The molecule has 1 atom stereocenters. The quantitative estimate of drug-likeness (QED) is 0.497. The summed E-state index contributed by atoms with van der Waals surface area (Å²) in [5.41, 5.74) is 1.19. The standard InChI is InChI=1S/C10H14NP/c1-2-7-11-8-9-5-3-4-6-10(9)12/h3-6,8H,2,7,12H2,1H3/b11-8+. The molecule has 1 aromatic rings. The van der Waals surface area contributed by atoms with Crippen molar-refractivity contribution in [3.05, 3.63) is 29.8 Å². The molecule has 1 nitrogen and oxygen atoms in total. The minimum absolute atomic E-state index is 0.916. The van der Waals surface area contributed by atoms with Gasteiger partial charge in [0, 0.05) is 12.8 Å². The predicted octanol–water partition coefficient (Wildman–Crippen LogP) is 2.02. The van der Waals surface area contributed by atoms with Gasteiger partial charge < -0.3 is 0 Å². The number of hydrogen-bond acceptors (Lipinski definition) is 1. The van der Waals surface area contributed by atoms with Gasteiger partial charge in [-0.1, -0.05) is 31.2 Å². The van der Waals surface area contributed by atoms with Crippen LogP contribution in [0.5, 0.6) is 0 Å². The van der Waals surface area contributed by atoms with Crippen LogP contribution in [0, 0.1) is 0 Å². The van der Waals surface area contributed by atoms with E-state index >= 15 is 0 Å². The highest BCUT2D eigenvalue weighted by Crippen LogP contribution is 1.97. The third-order valence-electron chi connectivity index (χ3n) is 1.58. The maximum absolute atomic E-state index is 4.28. The summed E-state index contributed by atoms with van der Waals surface area (Å²) in [4.78, 5) is 4.28. The maximum Gasteiger partial charge on any atom is 0.0386 e. The van der Waals surface area contributed by atoms with Crippen molar-refractivity contribution < 1.29 is 0 Å². The molecule has 0 spiro atoms. The minimum Gasteiger partial charge on any atom is -0.293 e. The van der Waals surface area contributed by atoms with E-state index in [1.54, 1.807) is 0 Å². The van der Waals surface area contributed by atoms with E-state index in [0.29, 0.717) is 0 Å². The predicted molar refractivity (Wildman–Crippen MR) is 58.5 cm³/mol. The zero-order valence-corrected chi connectivity index (χ0v) is 8.48. The molecule has 0 heterocycles. The lowest BCUT2D eigenvalue weighted by Crippen LogP contribution is -1.99. The van der Waals surface area contributed by atoms with E-state index < -0.39 is 0 Å². The molecule has 0 fully saturated rings. The summed E-state index contributed by atoms with van der Waals surface area (Å²) >= 11 is 0. The molecular formula is C10H14NP. The molecule has 0 aliphatic carbocycles. The lowest BCUT2D eigenvalue weighted by molar-refractivity contribution is 0.937. The van der Waals surface area contributed by atoms with Gasteiger partial charge in [-0.25, -0.2) is 0 Å². The molecule has 0 radical (unpaired) electrons. The normalized spacial score (nSPS) is 10.8. The Balaban J connectivity index is 2.68. The highest BCUT2D eigenvalue weighted by atomic mass is 31.0. The summed E-state index contributed by atoms with van der Waals surface area (Å²) in [6.45, 7) is 3.04. The van der Waals surface area contributed by atoms with Crippen molar-refractivity contribution in [2.45, 2.75) is 13.3 Å². The molecule has 0 amide bonds. The third-order valence-corrected chi connectivity index (χ3v) is 2.10.